The second-order valence-corrected chi connectivity index (χ2v) is 5.35. The van der Waals surface area contributed by atoms with E-state index in [4.69, 9.17) is 10.5 Å². The van der Waals surface area contributed by atoms with Gasteiger partial charge in [0.15, 0.2) is 0 Å². The molecule has 0 aliphatic rings. The molecule has 0 aliphatic heterocycles. The highest BCUT2D eigenvalue weighted by molar-refractivity contribution is 9.10. The minimum atomic E-state index is -0.233. The van der Waals surface area contributed by atoms with Gasteiger partial charge in [-0.1, -0.05) is 15.9 Å². The lowest BCUT2D eigenvalue weighted by Gasteiger charge is -2.06. The van der Waals surface area contributed by atoms with E-state index in [9.17, 15) is 4.79 Å². The topological polar surface area (TPSA) is 57.2 Å². The third kappa shape index (κ3) is 2.67. The van der Waals surface area contributed by atoms with Gasteiger partial charge in [-0.2, -0.15) is 0 Å². The van der Waals surface area contributed by atoms with Crippen molar-refractivity contribution < 1.29 is 9.53 Å². The summed E-state index contributed by atoms with van der Waals surface area (Å²) in [6, 6.07) is 6.11. The number of hydrogen-bond donors (Lipinski definition) is 1. The molecule has 0 atom stereocenters. The number of methoxy groups -OCH3 is 1. The van der Waals surface area contributed by atoms with E-state index >= 15 is 0 Å². The lowest BCUT2D eigenvalue weighted by Crippen LogP contribution is -2.12. The number of esters is 1. The van der Waals surface area contributed by atoms with Crippen molar-refractivity contribution in [1.29, 1.82) is 0 Å². The van der Waals surface area contributed by atoms with Gasteiger partial charge in [0.1, 0.15) is 0 Å². The number of fused-ring (bicyclic) bond motifs is 1. The fraction of sp³-hybridized carbons (Fsp3) is 0.357. The summed E-state index contributed by atoms with van der Waals surface area (Å²) in [6.07, 6.45) is 1.02. The number of ether oxygens (including phenoxy) is 1. The average molecular weight is 325 g/mol. The lowest BCUT2D eigenvalue weighted by atomic mass is 10.1. The fourth-order valence-electron chi connectivity index (χ4n) is 2.40. The number of carbonyl (C=O) groups is 1. The van der Waals surface area contributed by atoms with Crippen LogP contribution in [-0.4, -0.2) is 24.2 Å². The average Bonchev–Trinajstić information content (AvgIpc) is 2.64. The Hall–Kier alpha value is -1.33. The van der Waals surface area contributed by atoms with Gasteiger partial charge in [-0.05, 0) is 36.7 Å². The van der Waals surface area contributed by atoms with Crippen LogP contribution in [0, 0.1) is 0 Å². The lowest BCUT2D eigenvalue weighted by molar-refractivity contribution is -0.139. The number of benzene rings is 1. The molecule has 1 aromatic heterocycles. The molecule has 0 bridgehead atoms. The van der Waals surface area contributed by atoms with Crippen molar-refractivity contribution >= 4 is 32.8 Å². The van der Waals surface area contributed by atoms with Crippen LogP contribution in [0.25, 0.3) is 10.9 Å². The molecule has 1 heterocycles. The largest absolute Gasteiger partial charge is 0.469 e. The molecule has 0 saturated heterocycles. The predicted octanol–water partition coefficient (Wildman–Crippen LogP) is 2.16. The molecular weight excluding hydrogens is 308 g/mol. The second kappa shape index (κ2) is 5.75. The Morgan fingerprint density at radius 1 is 1.47 bits per heavy atom. The molecule has 4 nitrogen and oxygen atoms in total. The van der Waals surface area contributed by atoms with Crippen molar-refractivity contribution in [2.75, 3.05) is 13.7 Å². The maximum Gasteiger partial charge on any atom is 0.311 e. The molecule has 2 N–H and O–H groups in total. The van der Waals surface area contributed by atoms with Crippen molar-refractivity contribution in [3.05, 3.63) is 33.9 Å². The summed E-state index contributed by atoms with van der Waals surface area (Å²) in [4.78, 5) is 11.6. The van der Waals surface area contributed by atoms with Gasteiger partial charge in [-0.15, -0.1) is 0 Å². The number of aryl methyl sites for hydroxylation is 1. The summed E-state index contributed by atoms with van der Waals surface area (Å²) in [5.74, 6) is -0.233. The first-order chi connectivity index (χ1) is 9.08. The first-order valence-electron chi connectivity index (χ1n) is 6.11. The van der Waals surface area contributed by atoms with Crippen LogP contribution in [0.1, 0.15) is 11.3 Å². The van der Waals surface area contributed by atoms with Crippen LogP contribution in [0.3, 0.4) is 0 Å². The van der Waals surface area contributed by atoms with Crippen LogP contribution in [0.2, 0.25) is 0 Å². The number of halogens is 1. The van der Waals surface area contributed by atoms with E-state index in [-0.39, 0.29) is 12.4 Å². The molecule has 0 spiro atoms. The Morgan fingerprint density at radius 3 is 2.84 bits per heavy atom. The third-order valence-corrected chi connectivity index (χ3v) is 3.83. The Kier molecular flexibility index (Phi) is 4.27. The van der Waals surface area contributed by atoms with Crippen molar-refractivity contribution in [2.45, 2.75) is 12.8 Å². The van der Waals surface area contributed by atoms with Gasteiger partial charge < -0.3 is 15.0 Å². The van der Waals surface area contributed by atoms with E-state index in [0.717, 1.165) is 33.1 Å². The molecule has 2 aromatic rings. The summed E-state index contributed by atoms with van der Waals surface area (Å²) in [6.45, 7) is 0.555. The van der Waals surface area contributed by atoms with E-state index < -0.39 is 0 Å². The predicted molar refractivity (Wildman–Crippen MR) is 79.1 cm³/mol. The van der Waals surface area contributed by atoms with Crippen LogP contribution in [0.5, 0.6) is 0 Å². The van der Waals surface area contributed by atoms with Crippen molar-refractivity contribution in [3.8, 4) is 0 Å². The van der Waals surface area contributed by atoms with Crippen molar-refractivity contribution in [3.63, 3.8) is 0 Å². The van der Waals surface area contributed by atoms with Gasteiger partial charge in [-0.25, -0.2) is 0 Å². The molecule has 0 aliphatic carbocycles. The molecule has 0 fully saturated rings. The van der Waals surface area contributed by atoms with Crippen LogP contribution in [-0.2, 0) is 29.4 Å². The van der Waals surface area contributed by atoms with Crippen molar-refractivity contribution in [2.24, 2.45) is 12.8 Å². The summed E-state index contributed by atoms with van der Waals surface area (Å²) >= 11 is 3.48. The van der Waals surface area contributed by atoms with Gasteiger partial charge in [0.2, 0.25) is 0 Å². The van der Waals surface area contributed by atoms with E-state index in [1.165, 1.54) is 7.11 Å². The first kappa shape index (κ1) is 14.1. The molecule has 5 heteroatoms. The molecule has 0 unspecified atom stereocenters. The van der Waals surface area contributed by atoms with Crippen molar-refractivity contribution in [1.82, 2.24) is 4.57 Å². The molecule has 0 radical (unpaired) electrons. The van der Waals surface area contributed by atoms with Gasteiger partial charge in [0.05, 0.1) is 13.5 Å². The molecule has 0 saturated carbocycles. The second-order valence-electron chi connectivity index (χ2n) is 4.44. The quantitative estimate of drug-likeness (QED) is 0.877. The normalized spacial score (nSPS) is 10.9. The van der Waals surface area contributed by atoms with E-state index in [2.05, 4.69) is 22.0 Å². The zero-order valence-electron chi connectivity index (χ0n) is 11.1. The number of nitrogens with two attached hydrogens (primary N) is 1. The Labute approximate surface area is 120 Å². The van der Waals surface area contributed by atoms with E-state index in [1.54, 1.807) is 0 Å². The molecule has 19 heavy (non-hydrogen) atoms. The SMILES string of the molecule is COC(=O)Cc1c(CCN)c2cc(Br)ccc2n1C. The first-order valence-corrected chi connectivity index (χ1v) is 6.90. The summed E-state index contributed by atoms with van der Waals surface area (Å²) in [5.41, 5.74) is 8.90. The minimum Gasteiger partial charge on any atom is -0.469 e. The number of hydrogen-bond acceptors (Lipinski definition) is 3. The summed E-state index contributed by atoms with van der Waals surface area (Å²) < 4.78 is 7.84. The van der Waals surface area contributed by atoms with E-state index in [1.807, 2.05) is 23.7 Å². The smallest absolute Gasteiger partial charge is 0.311 e. The fourth-order valence-corrected chi connectivity index (χ4v) is 2.76. The maximum atomic E-state index is 11.6. The minimum absolute atomic E-state index is 0.233. The number of rotatable bonds is 4. The van der Waals surface area contributed by atoms with Gasteiger partial charge >= 0.3 is 5.97 Å². The van der Waals surface area contributed by atoms with Gasteiger partial charge in [-0.3, -0.25) is 4.79 Å². The zero-order valence-corrected chi connectivity index (χ0v) is 12.7. The van der Waals surface area contributed by atoms with Crippen LogP contribution in [0.15, 0.2) is 22.7 Å². The maximum absolute atomic E-state index is 11.6. The van der Waals surface area contributed by atoms with Gasteiger partial charge in [0.25, 0.3) is 0 Å². The van der Waals surface area contributed by atoms with Crippen LogP contribution < -0.4 is 5.73 Å². The molecular formula is C14H17BrN2O2. The molecule has 2 rings (SSSR count). The Balaban J connectivity index is 2.63. The Morgan fingerprint density at radius 2 is 2.21 bits per heavy atom. The monoisotopic (exact) mass is 324 g/mol. The molecule has 102 valence electrons. The summed E-state index contributed by atoms with van der Waals surface area (Å²) in [7, 11) is 3.37. The highest BCUT2D eigenvalue weighted by Crippen LogP contribution is 2.29. The number of aromatic nitrogens is 1. The number of carbonyl (C=O) groups excluding carboxylic acids is 1. The van der Waals surface area contributed by atoms with Crippen LogP contribution >= 0.6 is 15.9 Å². The standard InChI is InChI=1S/C14H17BrN2O2/c1-17-12-4-3-9(15)7-11(12)10(5-6-16)13(17)8-14(18)19-2/h3-4,7H,5-6,8,16H2,1-2H3. The highest BCUT2D eigenvalue weighted by Gasteiger charge is 2.17. The van der Waals surface area contributed by atoms with E-state index in [0.29, 0.717) is 6.54 Å². The highest BCUT2D eigenvalue weighted by atomic mass is 79.9. The number of nitrogens with zero attached hydrogens (tertiary/aromatic N) is 1. The molecule has 0 amide bonds. The zero-order chi connectivity index (χ0) is 14.0. The Bertz CT molecular complexity index is 619. The van der Waals surface area contributed by atoms with Crippen LogP contribution in [0.4, 0.5) is 0 Å². The van der Waals surface area contributed by atoms with Gasteiger partial charge in [0, 0.05) is 28.1 Å². The molecule has 1 aromatic carbocycles. The summed E-state index contributed by atoms with van der Waals surface area (Å²) in [5, 5.41) is 1.14. The third-order valence-electron chi connectivity index (χ3n) is 3.33.